The standard InChI is InChI=1S/C55H92O18.Na/c1-15-16-35(50(57)58)55(60)32(6)47(68-43-20-18-38(62-13)34(8)65-43)48(63-14)46(72-55)31(5)45-30(4)36(56)27-54(71-45)24-23-51(9,73-54)41-21-22-52(10,69-41)49-40(66-42-19-17-37(61-12)33(7)64-42)26-39(67-49)44-28(2)25-29(3)53(11,59)70-44;/h15,28-49,56,59-60H,1,16-27H2,2-14H3,(H,57,58);/q;+1/p-1/t28-,29+,30+,31+,32-,33+,34+,35?,36-,37-,38-,39+,40-,41+,42-,43-,44-,45-,46-,47-,48-,49+,51-,52-,53-,54+,55-;/m0./s1. The van der Waals surface area contributed by atoms with Crippen LogP contribution in [0.4, 0.5) is 0 Å². The summed E-state index contributed by atoms with van der Waals surface area (Å²) in [5.74, 6) is -9.66. The summed E-state index contributed by atoms with van der Waals surface area (Å²) in [4.78, 5) is 12.8. The van der Waals surface area contributed by atoms with E-state index in [0.717, 1.165) is 12.8 Å². The number of rotatable bonds is 16. The Labute approximate surface area is 462 Å². The van der Waals surface area contributed by atoms with Crippen molar-refractivity contribution in [2.75, 3.05) is 21.3 Å². The second-order valence-electron chi connectivity index (χ2n) is 24.2. The van der Waals surface area contributed by atoms with Gasteiger partial charge in [0.25, 0.3) is 0 Å². The predicted octanol–water partition coefficient (Wildman–Crippen LogP) is 2.07. The molecule has 0 saturated carbocycles. The fourth-order valence-corrected chi connectivity index (χ4v) is 14.3. The zero-order valence-corrected chi connectivity index (χ0v) is 48.9. The van der Waals surface area contributed by atoms with E-state index in [1.54, 1.807) is 28.1 Å². The first kappa shape index (κ1) is 61.2. The molecule has 8 saturated heterocycles. The summed E-state index contributed by atoms with van der Waals surface area (Å²) in [5.41, 5.74) is -1.63. The Hall–Kier alpha value is -0.430. The van der Waals surface area contributed by atoms with Gasteiger partial charge in [-0.2, -0.15) is 0 Å². The summed E-state index contributed by atoms with van der Waals surface area (Å²) >= 11 is 0. The second kappa shape index (κ2) is 24.0. The van der Waals surface area contributed by atoms with Gasteiger partial charge in [-0.1, -0.05) is 40.7 Å². The molecule has 0 aromatic rings. The monoisotopic (exact) mass is 1060 g/mol. The molecule has 0 bridgehead atoms. The molecule has 420 valence electrons. The van der Waals surface area contributed by atoms with E-state index < -0.39 is 114 Å². The number of aliphatic hydroxyl groups is 3. The largest absolute Gasteiger partial charge is 1.00 e. The van der Waals surface area contributed by atoms with E-state index >= 15 is 0 Å². The third-order valence-electron chi connectivity index (χ3n) is 19.1. The molecular formula is C55H91NaO18. The normalized spacial score (nSPS) is 51.8. The summed E-state index contributed by atoms with van der Waals surface area (Å²) in [6.45, 7) is 23.2. The maximum Gasteiger partial charge on any atom is 1.00 e. The molecule has 8 heterocycles. The van der Waals surface area contributed by atoms with Gasteiger partial charge >= 0.3 is 29.6 Å². The van der Waals surface area contributed by atoms with Crippen molar-refractivity contribution >= 4 is 5.97 Å². The number of carboxylic acid groups (broad SMARTS) is 1. The summed E-state index contributed by atoms with van der Waals surface area (Å²) in [5, 5.41) is 48.7. The number of aliphatic hydroxyl groups excluding tert-OH is 1. The van der Waals surface area contributed by atoms with Crippen LogP contribution in [0.15, 0.2) is 12.7 Å². The summed E-state index contributed by atoms with van der Waals surface area (Å²) in [6.07, 6.45) is -0.126. The molecule has 8 aliphatic rings. The van der Waals surface area contributed by atoms with Crippen molar-refractivity contribution in [3.05, 3.63) is 12.7 Å². The van der Waals surface area contributed by atoms with Crippen molar-refractivity contribution in [2.24, 2.45) is 35.5 Å². The molecule has 8 rings (SSSR count). The first-order valence-electron chi connectivity index (χ1n) is 27.6. The molecule has 3 N–H and O–H groups in total. The minimum atomic E-state index is -2.29. The number of allylic oxidation sites excluding steroid dienone is 1. The van der Waals surface area contributed by atoms with E-state index in [1.165, 1.54) is 13.2 Å². The number of aliphatic carboxylic acids is 1. The third kappa shape index (κ3) is 12.0. The van der Waals surface area contributed by atoms with Crippen LogP contribution >= 0.6 is 0 Å². The minimum Gasteiger partial charge on any atom is -0.550 e. The average Bonchev–Trinajstić information content (AvgIpc) is 4.05. The van der Waals surface area contributed by atoms with Crippen molar-refractivity contribution in [1.29, 1.82) is 0 Å². The Balaban J connectivity index is 0.00000800. The fourth-order valence-electron chi connectivity index (χ4n) is 14.3. The fraction of sp³-hybridized carbons (Fsp3) is 0.945. The molecule has 0 amide bonds. The van der Waals surface area contributed by atoms with Crippen molar-refractivity contribution in [3.63, 3.8) is 0 Å². The van der Waals surface area contributed by atoms with Gasteiger partial charge in [-0.3, -0.25) is 0 Å². The van der Waals surface area contributed by atoms with Crippen molar-refractivity contribution in [3.8, 4) is 0 Å². The van der Waals surface area contributed by atoms with E-state index in [2.05, 4.69) is 27.4 Å². The van der Waals surface area contributed by atoms with Crippen molar-refractivity contribution < 1.29 is 116 Å². The Bertz CT molecular complexity index is 1880. The zero-order valence-electron chi connectivity index (χ0n) is 46.9. The quantitative estimate of drug-likeness (QED) is 0.149. The molecule has 18 nitrogen and oxygen atoms in total. The Kier molecular flexibility index (Phi) is 19.8. The summed E-state index contributed by atoms with van der Waals surface area (Å²) < 4.78 is 85.5. The van der Waals surface area contributed by atoms with Crippen LogP contribution in [-0.2, 0) is 66.4 Å². The van der Waals surface area contributed by atoms with Crippen molar-refractivity contribution in [1.82, 2.24) is 0 Å². The Morgan fingerprint density at radius 1 is 0.757 bits per heavy atom. The molecule has 8 fully saturated rings. The number of carbonyl (C=O) groups is 1. The van der Waals surface area contributed by atoms with Gasteiger partial charge in [0.15, 0.2) is 29.9 Å². The Morgan fingerprint density at radius 3 is 1.97 bits per heavy atom. The van der Waals surface area contributed by atoms with E-state index in [9.17, 15) is 25.2 Å². The van der Waals surface area contributed by atoms with E-state index in [4.69, 9.17) is 61.6 Å². The van der Waals surface area contributed by atoms with Crippen LogP contribution in [0.1, 0.15) is 146 Å². The number of ether oxygens (including phenoxy) is 13. The minimum absolute atomic E-state index is 0. The summed E-state index contributed by atoms with van der Waals surface area (Å²) in [7, 11) is 4.89. The molecule has 27 atom stereocenters. The van der Waals surface area contributed by atoms with Crippen molar-refractivity contribution in [2.45, 2.75) is 273 Å². The number of hydrogen-bond donors (Lipinski definition) is 3. The van der Waals surface area contributed by atoms with Crippen LogP contribution in [0.2, 0.25) is 0 Å². The molecule has 1 unspecified atom stereocenters. The van der Waals surface area contributed by atoms with Gasteiger partial charge in [0.1, 0.15) is 12.2 Å². The topological polar surface area (TPSA) is 221 Å². The van der Waals surface area contributed by atoms with Gasteiger partial charge < -0.3 is 86.8 Å². The maximum absolute atomic E-state index is 12.8. The molecule has 0 aliphatic carbocycles. The van der Waals surface area contributed by atoms with E-state index in [1.807, 2.05) is 34.6 Å². The molecular weight excluding hydrogens is 972 g/mol. The third-order valence-corrected chi connectivity index (χ3v) is 19.1. The number of hydrogen-bond acceptors (Lipinski definition) is 18. The zero-order chi connectivity index (χ0) is 53.2. The number of methoxy groups -OCH3 is 3. The Morgan fingerprint density at radius 2 is 1.39 bits per heavy atom. The SMILES string of the molecule is C=CCC(C(=O)[O-])[C@@]1(O)O[C@@H]([C@H](C)[C@H]2O[C@@]3(CC[C@@](C)([C@H]4CC[C@@](C)([C@@H]5O[C@@H]([C@H]6O[C@](C)(O)[C@H](C)C[C@@H]6C)C[C@@H]5O[C@H]5CC[C@H](OC)[C@@H](C)O5)O4)O3)C[C@H](O)[C@H]2C)[C@H](OC)[C@@H](O[C@H]2CC[C@H](OC)[C@@H](C)O2)[C@@H]1C.[Na+]. The van der Waals surface area contributed by atoms with Crippen LogP contribution in [0.25, 0.3) is 0 Å². The molecule has 0 aromatic carbocycles. The predicted molar refractivity (Wildman–Crippen MR) is 261 cm³/mol. The van der Waals surface area contributed by atoms with Crippen LogP contribution in [0.3, 0.4) is 0 Å². The maximum atomic E-state index is 12.8. The van der Waals surface area contributed by atoms with E-state index in [0.29, 0.717) is 51.4 Å². The first-order chi connectivity index (χ1) is 34.3. The summed E-state index contributed by atoms with van der Waals surface area (Å²) in [6, 6.07) is 0. The number of carbonyl (C=O) groups excluding carboxylic acids is 1. The van der Waals surface area contributed by atoms with Gasteiger partial charge in [0.05, 0.1) is 96.3 Å². The van der Waals surface area contributed by atoms with Gasteiger partial charge in [-0.05, 0) is 85.5 Å². The molecule has 8 aliphatic heterocycles. The second-order valence-corrected chi connectivity index (χ2v) is 24.2. The molecule has 74 heavy (non-hydrogen) atoms. The van der Waals surface area contributed by atoms with Crippen LogP contribution in [0, 0.1) is 35.5 Å². The van der Waals surface area contributed by atoms with Crippen LogP contribution in [0.5, 0.6) is 0 Å². The van der Waals surface area contributed by atoms with Crippen LogP contribution in [-0.4, -0.2) is 169 Å². The van der Waals surface area contributed by atoms with Gasteiger partial charge in [-0.25, -0.2) is 0 Å². The van der Waals surface area contributed by atoms with Gasteiger partial charge in [0.2, 0.25) is 0 Å². The average molecular weight is 1060 g/mol. The molecule has 1 spiro atoms. The van der Waals surface area contributed by atoms with Crippen LogP contribution < -0.4 is 34.7 Å². The van der Waals surface area contributed by atoms with Gasteiger partial charge in [-0.15, -0.1) is 6.58 Å². The smallest absolute Gasteiger partial charge is 0.550 e. The number of carboxylic acids is 1. The molecule has 0 aromatic heterocycles. The first-order valence-corrected chi connectivity index (χ1v) is 27.6. The molecule has 0 radical (unpaired) electrons. The van der Waals surface area contributed by atoms with E-state index in [-0.39, 0.29) is 97.0 Å². The van der Waals surface area contributed by atoms with Gasteiger partial charge in [0, 0.05) is 77.1 Å². The molecule has 19 heteroatoms.